The number of hydrogen-bond donors (Lipinski definition) is 0. The highest BCUT2D eigenvalue weighted by molar-refractivity contribution is 7.89. The van der Waals surface area contributed by atoms with Gasteiger partial charge >= 0.3 is 0 Å². The van der Waals surface area contributed by atoms with Gasteiger partial charge in [0.2, 0.25) is 10.0 Å². The van der Waals surface area contributed by atoms with Crippen LogP contribution in [-0.4, -0.2) is 39.0 Å². The summed E-state index contributed by atoms with van der Waals surface area (Å²) in [5.74, 6) is 1.28. The van der Waals surface area contributed by atoms with Crippen LogP contribution in [-0.2, 0) is 10.0 Å². The van der Waals surface area contributed by atoms with E-state index < -0.39 is 10.0 Å². The lowest BCUT2D eigenvalue weighted by molar-refractivity contribution is 0.0798. The second kappa shape index (κ2) is 6.39. The van der Waals surface area contributed by atoms with E-state index >= 15 is 0 Å². The Balaban J connectivity index is 1.75. The molecule has 0 radical (unpaired) electrons. The molecule has 0 saturated carbocycles. The van der Waals surface area contributed by atoms with Gasteiger partial charge in [0.25, 0.3) is 0 Å². The van der Waals surface area contributed by atoms with Gasteiger partial charge in [-0.05, 0) is 24.3 Å². The molecule has 0 saturated heterocycles. The minimum atomic E-state index is -3.68. The molecule has 0 spiro atoms. The lowest BCUT2D eigenvalue weighted by atomic mass is 10.2. The molecule has 0 N–H and O–H groups in total. The molecule has 1 heterocycles. The van der Waals surface area contributed by atoms with Crippen LogP contribution in [0.5, 0.6) is 11.5 Å². The summed E-state index contributed by atoms with van der Waals surface area (Å²) in [5, 5.41) is 0.200. The number of fused-ring (bicyclic) bond motifs is 1. The molecule has 2 aromatic carbocycles. The molecule has 1 aliphatic rings. The van der Waals surface area contributed by atoms with Crippen LogP contribution in [0.3, 0.4) is 0 Å². The molecule has 0 aliphatic carbocycles. The Bertz CT molecular complexity index is 809. The molecule has 0 fully saturated rings. The van der Waals surface area contributed by atoms with Crippen LogP contribution in [0, 0.1) is 0 Å². The highest BCUT2D eigenvalue weighted by Crippen LogP contribution is 2.31. The summed E-state index contributed by atoms with van der Waals surface area (Å²) in [6.45, 7) is 0.460. The molecule has 1 atom stereocenters. The summed E-state index contributed by atoms with van der Waals surface area (Å²) in [4.78, 5) is 0.0845. The van der Waals surface area contributed by atoms with E-state index in [0.717, 1.165) is 0 Å². The first-order valence-corrected chi connectivity index (χ1v) is 8.89. The third-order valence-corrected chi connectivity index (χ3v) is 5.88. The Morgan fingerprint density at radius 2 is 1.78 bits per heavy atom. The summed E-state index contributed by atoms with van der Waals surface area (Å²) >= 11 is 6.00. The van der Waals surface area contributed by atoms with Crippen LogP contribution in [0.15, 0.2) is 53.4 Å². The molecule has 2 aromatic rings. The first-order chi connectivity index (χ1) is 11.0. The monoisotopic (exact) mass is 353 g/mol. The van der Waals surface area contributed by atoms with Crippen LogP contribution >= 0.6 is 11.6 Å². The first kappa shape index (κ1) is 16.1. The maximum absolute atomic E-state index is 12.6. The molecule has 0 bridgehead atoms. The van der Waals surface area contributed by atoms with Crippen molar-refractivity contribution in [2.75, 3.05) is 20.2 Å². The van der Waals surface area contributed by atoms with Crippen LogP contribution in [0.1, 0.15) is 0 Å². The third kappa shape index (κ3) is 3.29. The molecule has 1 aliphatic heterocycles. The normalized spacial score (nSPS) is 17.3. The Morgan fingerprint density at radius 1 is 1.13 bits per heavy atom. The van der Waals surface area contributed by atoms with Crippen molar-refractivity contribution in [2.45, 2.75) is 11.0 Å². The number of hydrogen-bond acceptors (Lipinski definition) is 4. The number of ether oxygens (including phenoxy) is 2. The molecular formula is C16H16ClNO4S. The molecular weight excluding hydrogens is 338 g/mol. The topological polar surface area (TPSA) is 55.8 Å². The van der Waals surface area contributed by atoms with Crippen molar-refractivity contribution < 1.29 is 17.9 Å². The number of sulfonamides is 1. The maximum atomic E-state index is 12.6. The molecule has 23 heavy (non-hydrogen) atoms. The maximum Gasteiger partial charge on any atom is 0.244 e. The SMILES string of the molecule is CN(CC1COc2ccccc2O1)S(=O)(=O)c1ccccc1Cl. The minimum Gasteiger partial charge on any atom is -0.486 e. The molecule has 3 rings (SSSR count). The average molecular weight is 354 g/mol. The van der Waals surface area contributed by atoms with E-state index in [1.165, 1.54) is 17.4 Å². The molecule has 5 nitrogen and oxygen atoms in total. The largest absolute Gasteiger partial charge is 0.486 e. The Hall–Kier alpha value is -1.76. The summed E-state index contributed by atoms with van der Waals surface area (Å²) in [5.41, 5.74) is 0. The molecule has 7 heteroatoms. The Morgan fingerprint density at radius 3 is 2.52 bits per heavy atom. The summed E-state index contributed by atoms with van der Waals surface area (Å²) in [7, 11) is -2.18. The van der Waals surface area contributed by atoms with Gasteiger partial charge in [0.15, 0.2) is 11.5 Å². The second-order valence-electron chi connectivity index (χ2n) is 5.21. The summed E-state index contributed by atoms with van der Waals surface area (Å²) < 4.78 is 37.9. The quantitative estimate of drug-likeness (QED) is 0.848. The van der Waals surface area contributed by atoms with Crippen LogP contribution < -0.4 is 9.47 Å². The van der Waals surface area contributed by atoms with Crippen molar-refractivity contribution >= 4 is 21.6 Å². The van der Waals surface area contributed by atoms with Crippen LogP contribution in [0.2, 0.25) is 5.02 Å². The lowest BCUT2D eigenvalue weighted by Gasteiger charge is -2.29. The van der Waals surface area contributed by atoms with Gasteiger partial charge in [0.05, 0.1) is 11.6 Å². The van der Waals surface area contributed by atoms with Crippen molar-refractivity contribution in [3.8, 4) is 11.5 Å². The molecule has 0 aromatic heterocycles. The van der Waals surface area contributed by atoms with E-state index in [9.17, 15) is 8.42 Å². The number of halogens is 1. The standard InChI is InChI=1S/C16H16ClNO4S/c1-18(23(19,20)16-9-5-2-6-13(16)17)10-12-11-21-14-7-3-4-8-15(14)22-12/h2-9,12H,10-11H2,1H3. The van der Waals surface area contributed by atoms with E-state index in [0.29, 0.717) is 18.1 Å². The Kier molecular flexibility index (Phi) is 4.48. The summed E-state index contributed by atoms with van der Waals surface area (Å²) in [6.07, 6.45) is -0.382. The Labute approximate surface area is 140 Å². The lowest BCUT2D eigenvalue weighted by Crippen LogP contribution is -2.41. The average Bonchev–Trinajstić information content (AvgIpc) is 2.55. The van der Waals surface area contributed by atoms with E-state index in [2.05, 4.69) is 0 Å². The van der Waals surface area contributed by atoms with Gasteiger partial charge in [-0.25, -0.2) is 8.42 Å². The summed E-state index contributed by atoms with van der Waals surface area (Å²) in [6, 6.07) is 13.7. The predicted molar refractivity (Wildman–Crippen MR) is 87.6 cm³/mol. The molecule has 122 valence electrons. The van der Waals surface area contributed by atoms with Gasteiger partial charge in [-0.15, -0.1) is 0 Å². The van der Waals surface area contributed by atoms with Crippen molar-refractivity contribution in [3.63, 3.8) is 0 Å². The van der Waals surface area contributed by atoms with Gasteiger partial charge in [-0.2, -0.15) is 4.31 Å². The number of rotatable bonds is 4. The van der Waals surface area contributed by atoms with Gasteiger partial charge in [0.1, 0.15) is 17.6 Å². The van der Waals surface area contributed by atoms with Crippen LogP contribution in [0.25, 0.3) is 0 Å². The van der Waals surface area contributed by atoms with Crippen molar-refractivity contribution in [3.05, 3.63) is 53.6 Å². The second-order valence-corrected chi connectivity index (χ2v) is 7.63. The number of likely N-dealkylation sites (N-methyl/N-ethyl adjacent to an activating group) is 1. The number of nitrogens with zero attached hydrogens (tertiary/aromatic N) is 1. The fraction of sp³-hybridized carbons (Fsp3) is 0.250. The van der Waals surface area contributed by atoms with E-state index in [4.69, 9.17) is 21.1 Å². The van der Waals surface area contributed by atoms with Crippen LogP contribution in [0.4, 0.5) is 0 Å². The minimum absolute atomic E-state index is 0.0845. The highest BCUT2D eigenvalue weighted by Gasteiger charge is 2.29. The fourth-order valence-electron chi connectivity index (χ4n) is 2.36. The van der Waals surface area contributed by atoms with Gasteiger partial charge < -0.3 is 9.47 Å². The zero-order valence-electron chi connectivity index (χ0n) is 12.5. The van der Waals surface area contributed by atoms with E-state index in [1.807, 2.05) is 18.2 Å². The zero-order valence-corrected chi connectivity index (χ0v) is 14.0. The smallest absolute Gasteiger partial charge is 0.244 e. The van der Waals surface area contributed by atoms with E-state index in [1.54, 1.807) is 24.3 Å². The van der Waals surface area contributed by atoms with Gasteiger partial charge in [-0.1, -0.05) is 35.9 Å². The number of benzene rings is 2. The van der Waals surface area contributed by atoms with Crippen molar-refractivity contribution in [1.29, 1.82) is 0 Å². The fourth-order valence-corrected chi connectivity index (χ4v) is 4.05. The zero-order chi connectivity index (χ0) is 16.4. The van der Waals surface area contributed by atoms with Crippen molar-refractivity contribution in [1.82, 2.24) is 4.31 Å². The van der Waals surface area contributed by atoms with Gasteiger partial charge in [-0.3, -0.25) is 0 Å². The first-order valence-electron chi connectivity index (χ1n) is 7.08. The number of para-hydroxylation sites is 2. The highest BCUT2D eigenvalue weighted by atomic mass is 35.5. The molecule has 1 unspecified atom stereocenters. The van der Waals surface area contributed by atoms with E-state index in [-0.39, 0.29) is 22.6 Å². The van der Waals surface area contributed by atoms with Gasteiger partial charge in [0, 0.05) is 7.05 Å². The van der Waals surface area contributed by atoms with Crippen molar-refractivity contribution in [2.24, 2.45) is 0 Å². The molecule has 0 amide bonds. The predicted octanol–water partition coefficient (Wildman–Crippen LogP) is 2.80. The third-order valence-electron chi connectivity index (χ3n) is 3.55.